The Morgan fingerprint density at radius 3 is 2.57 bits per heavy atom. The Kier molecular flexibility index (Phi) is 7.59. The highest BCUT2D eigenvalue weighted by molar-refractivity contribution is 5.87. The second-order valence-electron chi connectivity index (χ2n) is 4.73. The van der Waals surface area contributed by atoms with Gasteiger partial charge in [-0.2, -0.15) is 0 Å². The van der Waals surface area contributed by atoms with Gasteiger partial charge in [-0.1, -0.05) is 0 Å². The third-order valence-electron chi connectivity index (χ3n) is 2.88. The molecule has 0 aliphatic heterocycles. The van der Waals surface area contributed by atoms with Gasteiger partial charge in [0.15, 0.2) is 18.1 Å². The Labute approximate surface area is 135 Å². The van der Waals surface area contributed by atoms with Crippen molar-refractivity contribution in [3.63, 3.8) is 0 Å². The number of amides is 2. The first kappa shape index (κ1) is 18.5. The minimum Gasteiger partial charge on any atom is -0.490 e. The molecule has 0 heterocycles. The van der Waals surface area contributed by atoms with E-state index in [1.165, 1.54) is 0 Å². The molecule has 1 aromatic rings. The van der Waals surface area contributed by atoms with E-state index < -0.39 is 11.9 Å². The van der Waals surface area contributed by atoms with Crippen molar-refractivity contribution < 1.29 is 23.9 Å². The largest absolute Gasteiger partial charge is 0.490 e. The van der Waals surface area contributed by atoms with Crippen LogP contribution < -0.4 is 20.1 Å². The van der Waals surface area contributed by atoms with Crippen molar-refractivity contribution in [2.45, 2.75) is 26.8 Å². The molecule has 23 heavy (non-hydrogen) atoms. The van der Waals surface area contributed by atoms with E-state index in [1.54, 1.807) is 39.0 Å². The molecule has 0 spiro atoms. The molecule has 0 saturated carbocycles. The minimum absolute atomic E-state index is 0.258. The van der Waals surface area contributed by atoms with Crippen LogP contribution in [0.2, 0.25) is 0 Å². The van der Waals surface area contributed by atoms with Crippen molar-refractivity contribution in [2.24, 2.45) is 0 Å². The van der Waals surface area contributed by atoms with Crippen LogP contribution in [-0.2, 0) is 9.59 Å². The van der Waals surface area contributed by atoms with E-state index >= 15 is 0 Å². The molecule has 1 atom stereocenters. The highest BCUT2D eigenvalue weighted by Gasteiger charge is 2.15. The molecular weight excluding hydrogens is 300 g/mol. The molecule has 0 saturated heterocycles. The van der Waals surface area contributed by atoms with E-state index in [9.17, 15) is 14.4 Å². The molecule has 1 aromatic carbocycles. The van der Waals surface area contributed by atoms with Crippen LogP contribution >= 0.6 is 0 Å². The first-order chi connectivity index (χ1) is 11.0. The maximum absolute atomic E-state index is 11.8. The molecule has 126 valence electrons. The van der Waals surface area contributed by atoms with Gasteiger partial charge in [0.2, 0.25) is 5.91 Å². The predicted octanol–water partition coefficient (Wildman–Crippen LogP) is 0.917. The van der Waals surface area contributed by atoms with E-state index in [4.69, 9.17) is 9.47 Å². The number of carbonyl (C=O) groups excluding carboxylic acids is 3. The van der Waals surface area contributed by atoms with Gasteiger partial charge in [0.05, 0.1) is 6.61 Å². The zero-order valence-corrected chi connectivity index (χ0v) is 13.5. The first-order valence-electron chi connectivity index (χ1n) is 7.43. The maximum atomic E-state index is 11.8. The summed E-state index contributed by atoms with van der Waals surface area (Å²) in [7, 11) is 0. The molecule has 2 amide bonds. The lowest BCUT2D eigenvalue weighted by Crippen LogP contribution is -2.46. The second-order valence-corrected chi connectivity index (χ2v) is 4.73. The summed E-state index contributed by atoms with van der Waals surface area (Å²) in [4.78, 5) is 34.1. The summed E-state index contributed by atoms with van der Waals surface area (Å²) in [5, 5.41) is 5.15. The molecule has 0 bridgehead atoms. The lowest BCUT2D eigenvalue weighted by Gasteiger charge is -2.15. The highest BCUT2D eigenvalue weighted by atomic mass is 16.5. The van der Waals surface area contributed by atoms with Crippen molar-refractivity contribution in [3.8, 4) is 11.5 Å². The molecule has 0 aliphatic rings. The molecular formula is C16H22N2O5. The summed E-state index contributed by atoms with van der Waals surface area (Å²) in [5.41, 5.74) is 0.454. The van der Waals surface area contributed by atoms with Crippen LogP contribution in [0.1, 0.15) is 31.1 Å². The van der Waals surface area contributed by atoms with Gasteiger partial charge in [-0.3, -0.25) is 14.4 Å². The standard InChI is InChI=1S/C16H22N2O5/c1-4-17-16(21)11(3)18-15(20)10-23-13-7-6-12(9-19)8-14(13)22-5-2/h6-9,11H,4-5,10H2,1-3H3,(H,17,21)(H,18,20)/t11-/m0/s1. The van der Waals surface area contributed by atoms with Crippen molar-refractivity contribution in [2.75, 3.05) is 19.8 Å². The van der Waals surface area contributed by atoms with E-state index in [2.05, 4.69) is 10.6 Å². The molecule has 0 aromatic heterocycles. The Bertz CT molecular complexity index is 559. The Hall–Kier alpha value is -2.57. The van der Waals surface area contributed by atoms with E-state index in [1.807, 2.05) is 0 Å². The normalized spacial score (nSPS) is 11.3. The fourth-order valence-electron chi connectivity index (χ4n) is 1.80. The van der Waals surface area contributed by atoms with Crippen LogP contribution in [0.25, 0.3) is 0 Å². The minimum atomic E-state index is -0.644. The van der Waals surface area contributed by atoms with Gasteiger partial charge in [0.1, 0.15) is 12.3 Å². The number of hydrogen-bond donors (Lipinski definition) is 2. The Morgan fingerprint density at radius 2 is 1.96 bits per heavy atom. The van der Waals surface area contributed by atoms with Crippen molar-refractivity contribution in [1.82, 2.24) is 10.6 Å². The zero-order chi connectivity index (χ0) is 17.2. The number of carbonyl (C=O) groups is 3. The smallest absolute Gasteiger partial charge is 0.258 e. The number of likely N-dealkylation sites (N-methyl/N-ethyl adjacent to an activating group) is 1. The van der Waals surface area contributed by atoms with E-state index in [-0.39, 0.29) is 12.5 Å². The number of ether oxygens (including phenoxy) is 2. The zero-order valence-electron chi connectivity index (χ0n) is 13.5. The average Bonchev–Trinajstić information content (AvgIpc) is 2.54. The molecule has 0 aliphatic carbocycles. The van der Waals surface area contributed by atoms with Crippen LogP contribution in [0, 0.1) is 0 Å². The fraction of sp³-hybridized carbons (Fsp3) is 0.438. The second kappa shape index (κ2) is 9.45. The summed E-state index contributed by atoms with van der Waals surface area (Å²) in [5.74, 6) is 0.0665. The monoisotopic (exact) mass is 322 g/mol. The molecule has 1 rings (SSSR count). The van der Waals surface area contributed by atoms with Gasteiger partial charge >= 0.3 is 0 Å². The van der Waals surface area contributed by atoms with Crippen LogP contribution in [0.5, 0.6) is 11.5 Å². The quantitative estimate of drug-likeness (QED) is 0.659. The van der Waals surface area contributed by atoms with Gasteiger partial charge in [-0.15, -0.1) is 0 Å². The molecule has 0 unspecified atom stereocenters. The topological polar surface area (TPSA) is 93.7 Å². The van der Waals surface area contributed by atoms with Gasteiger partial charge in [0, 0.05) is 12.1 Å². The lowest BCUT2D eigenvalue weighted by molar-refractivity contribution is -0.129. The lowest BCUT2D eigenvalue weighted by atomic mass is 10.2. The number of hydrogen-bond acceptors (Lipinski definition) is 5. The number of rotatable bonds is 9. The van der Waals surface area contributed by atoms with Gasteiger partial charge in [0.25, 0.3) is 5.91 Å². The summed E-state index contributed by atoms with van der Waals surface area (Å²) in [6, 6.07) is 4.03. The van der Waals surface area contributed by atoms with Crippen LogP contribution in [-0.4, -0.2) is 43.9 Å². The average molecular weight is 322 g/mol. The summed E-state index contributed by atoms with van der Waals surface area (Å²) >= 11 is 0. The van der Waals surface area contributed by atoms with Crippen LogP contribution in [0.15, 0.2) is 18.2 Å². The summed E-state index contributed by atoms with van der Waals surface area (Å²) < 4.78 is 10.8. The van der Waals surface area contributed by atoms with Crippen molar-refractivity contribution in [3.05, 3.63) is 23.8 Å². The Morgan fingerprint density at radius 1 is 1.22 bits per heavy atom. The highest BCUT2D eigenvalue weighted by Crippen LogP contribution is 2.27. The molecule has 7 nitrogen and oxygen atoms in total. The maximum Gasteiger partial charge on any atom is 0.258 e. The van der Waals surface area contributed by atoms with Crippen molar-refractivity contribution in [1.29, 1.82) is 0 Å². The molecule has 0 radical (unpaired) electrons. The number of benzene rings is 1. The predicted molar refractivity (Wildman–Crippen MR) is 84.8 cm³/mol. The molecule has 7 heteroatoms. The van der Waals surface area contributed by atoms with Gasteiger partial charge < -0.3 is 20.1 Å². The van der Waals surface area contributed by atoms with Crippen LogP contribution in [0.3, 0.4) is 0 Å². The number of aldehydes is 1. The summed E-state index contributed by atoms with van der Waals surface area (Å²) in [6.07, 6.45) is 0.701. The molecule has 0 fully saturated rings. The van der Waals surface area contributed by atoms with E-state index in [0.717, 1.165) is 0 Å². The number of nitrogens with one attached hydrogen (secondary N) is 2. The molecule has 2 N–H and O–H groups in total. The third-order valence-corrected chi connectivity index (χ3v) is 2.88. The first-order valence-corrected chi connectivity index (χ1v) is 7.43. The van der Waals surface area contributed by atoms with Gasteiger partial charge in [-0.05, 0) is 39.0 Å². The van der Waals surface area contributed by atoms with Crippen molar-refractivity contribution >= 4 is 18.1 Å². The third kappa shape index (κ3) is 5.98. The van der Waals surface area contributed by atoms with Crippen LogP contribution in [0.4, 0.5) is 0 Å². The van der Waals surface area contributed by atoms with Gasteiger partial charge in [-0.25, -0.2) is 0 Å². The van der Waals surface area contributed by atoms with E-state index in [0.29, 0.717) is 36.5 Å². The SMILES string of the molecule is CCNC(=O)[C@H](C)NC(=O)COc1ccc(C=O)cc1OCC. The Balaban J connectivity index is 2.61. The summed E-state index contributed by atoms with van der Waals surface area (Å²) in [6.45, 7) is 5.83. The fourth-order valence-corrected chi connectivity index (χ4v) is 1.80.